The van der Waals surface area contributed by atoms with E-state index in [9.17, 15) is 10.1 Å². The summed E-state index contributed by atoms with van der Waals surface area (Å²) in [4.78, 5) is 12.1. The number of hydrogen-bond acceptors (Lipinski definition) is 3. The third-order valence-electron chi connectivity index (χ3n) is 3.94. The third kappa shape index (κ3) is 2.97. The second kappa shape index (κ2) is 6.01. The Morgan fingerprint density at radius 3 is 2.61 bits per heavy atom. The largest absolute Gasteiger partial charge is 0.485 e. The van der Waals surface area contributed by atoms with Crippen LogP contribution < -0.4 is 4.74 Å². The molecule has 0 unspecified atom stereocenters. The van der Waals surface area contributed by atoms with Crippen molar-refractivity contribution in [3.05, 3.63) is 53.6 Å². The van der Waals surface area contributed by atoms with Gasteiger partial charge in [0.05, 0.1) is 18.7 Å². The van der Waals surface area contributed by atoms with E-state index in [4.69, 9.17) is 9.84 Å². The van der Waals surface area contributed by atoms with Gasteiger partial charge in [0.1, 0.15) is 17.9 Å². The van der Waals surface area contributed by atoms with Crippen LogP contribution in [0.4, 0.5) is 4.79 Å². The highest BCUT2D eigenvalue weighted by molar-refractivity contribution is 5.71. The molecule has 0 spiro atoms. The number of hydrogen-bond donors (Lipinski definition) is 1. The summed E-state index contributed by atoms with van der Waals surface area (Å²) in [6.45, 7) is 2.62. The van der Waals surface area contributed by atoms with Crippen LogP contribution in [-0.2, 0) is 0 Å². The topological polar surface area (TPSA) is 73.6 Å². The van der Waals surface area contributed by atoms with Crippen molar-refractivity contribution in [2.45, 2.75) is 13.0 Å². The Bertz CT molecular complexity index is 775. The van der Waals surface area contributed by atoms with Gasteiger partial charge in [-0.2, -0.15) is 5.26 Å². The summed E-state index contributed by atoms with van der Waals surface area (Å²) < 4.78 is 5.84. The molecule has 23 heavy (non-hydrogen) atoms. The minimum Gasteiger partial charge on any atom is -0.485 e. The molecule has 0 aliphatic carbocycles. The van der Waals surface area contributed by atoms with Crippen LogP contribution in [-0.4, -0.2) is 35.3 Å². The van der Waals surface area contributed by atoms with E-state index in [1.165, 1.54) is 4.90 Å². The molecule has 2 aromatic rings. The molecule has 1 N–H and O–H groups in total. The Hall–Kier alpha value is -3.00. The monoisotopic (exact) mass is 308 g/mol. The van der Waals surface area contributed by atoms with Crippen molar-refractivity contribution in [1.29, 1.82) is 5.26 Å². The van der Waals surface area contributed by atoms with Crippen molar-refractivity contribution < 1.29 is 14.6 Å². The molecule has 0 radical (unpaired) electrons. The molecule has 5 nitrogen and oxygen atoms in total. The molecule has 1 aliphatic rings. The smallest absolute Gasteiger partial charge is 0.407 e. The van der Waals surface area contributed by atoms with Gasteiger partial charge in [0.25, 0.3) is 0 Å². The van der Waals surface area contributed by atoms with Gasteiger partial charge in [-0.15, -0.1) is 0 Å². The first-order valence-corrected chi connectivity index (χ1v) is 7.33. The summed E-state index contributed by atoms with van der Waals surface area (Å²) in [6.07, 6.45) is -1.15. The first-order chi connectivity index (χ1) is 11.1. The van der Waals surface area contributed by atoms with Crippen molar-refractivity contribution in [3.8, 4) is 22.9 Å². The zero-order valence-corrected chi connectivity index (χ0v) is 12.7. The number of ether oxygens (including phenoxy) is 1. The van der Waals surface area contributed by atoms with E-state index in [0.29, 0.717) is 24.4 Å². The van der Waals surface area contributed by atoms with Gasteiger partial charge in [-0.05, 0) is 35.7 Å². The molecule has 1 saturated heterocycles. The highest BCUT2D eigenvalue weighted by atomic mass is 16.5. The molecule has 0 bridgehead atoms. The zero-order valence-electron chi connectivity index (χ0n) is 12.7. The van der Waals surface area contributed by atoms with Crippen molar-refractivity contribution in [2.24, 2.45) is 0 Å². The summed E-state index contributed by atoms with van der Waals surface area (Å²) in [7, 11) is 0. The number of nitriles is 1. The van der Waals surface area contributed by atoms with Crippen LogP contribution in [0.5, 0.6) is 5.75 Å². The highest BCUT2D eigenvalue weighted by Gasteiger charge is 2.32. The standard InChI is InChI=1S/C18H16N2O3/c1-12-7-14(9-19)17(23-15-10-20(11-15)18(21)22)8-16(12)13-5-3-2-4-6-13/h2-8,15H,10-11H2,1H3,(H,21,22). The van der Waals surface area contributed by atoms with Gasteiger partial charge in [0, 0.05) is 0 Å². The van der Waals surface area contributed by atoms with E-state index in [2.05, 4.69) is 6.07 Å². The Morgan fingerprint density at radius 1 is 1.30 bits per heavy atom. The molecule has 1 amide bonds. The van der Waals surface area contributed by atoms with Crippen LogP contribution in [0.1, 0.15) is 11.1 Å². The summed E-state index contributed by atoms with van der Waals surface area (Å²) in [5.74, 6) is 0.506. The molecular formula is C18H16N2O3. The van der Waals surface area contributed by atoms with E-state index in [1.807, 2.05) is 49.4 Å². The maximum atomic E-state index is 10.8. The molecule has 116 valence electrons. The molecule has 3 rings (SSSR count). The van der Waals surface area contributed by atoms with Crippen molar-refractivity contribution in [1.82, 2.24) is 4.90 Å². The molecule has 1 aliphatic heterocycles. The fourth-order valence-electron chi connectivity index (χ4n) is 2.65. The lowest BCUT2D eigenvalue weighted by Crippen LogP contribution is -2.55. The van der Waals surface area contributed by atoms with E-state index < -0.39 is 6.09 Å². The molecule has 0 atom stereocenters. The quantitative estimate of drug-likeness (QED) is 0.944. The van der Waals surface area contributed by atoms with Gasteiger partial charge < -0.3 is 14.7 Å². The number of carboxylic acid groups (broad SMARTS) is 1. The summed E-state index contributed by atoms with van der Waals surface area (Å²) in [6, 6.07) is 15.7. The first-order valence-electron chi connectivity index (χ1n) is 7.33. The average Bonchev–Trinajstić information content (AvgIpc) is 2.51. The maximum absolute atomic E-state index is 10.8. The Kier molecular flexibility index (Phi) is 3.90. The van der Waals surface area contributed by atoms with E-state index in [-0.39, 0.29) is 6.10 Å². The Balaban J connectivity index is 1.88. The van der Waals surface area contributed by atoms with Crippen molar-refractivity contribution in [2.75, 3.05) is 13.1 Å². The van der Waals surface area contributed by atoms with E-state index >= 15 is 0 Å². The van der Waals surface area contributed by atoms with Gasteiger partial charge in [-0.3, -0.25) is 0 Å². The second-order valence-electron chi connectivity index (χ2n) is 5.57. The SMILES string of the molecule is Cc1cc(C#N)c(OC2CN(C(=O)O)C2)cc1-c1ccccc1. The van der Waals surface area contributed by atoms with Crippen LogP contribution in [0.25, 0.3) is 11.1 Å². The van der Waals surface area contributed by atoms with Crippen LogP contribution in [0.15, 0.2) is 42.5 Å². The average molecular weight is 308 g/mol. The van der Waals surface area contributed by atoms with E-state index in [1.54, 1.807) is 0 Å². The number of likely N-dealkylation sites (tertiary alicyclic amines) is 1. The summed E-state index contributed by atoms with van der Waals surface area (Å²) in [5, 5.41) is 18.2. The Labute approximate surface area is 134 Å². The van der Waals surface area contributed by atoms with Gasteiger partial charge in [0.15, 0.2) is 0 Å². The number of benzene rings is 2. The predicted octanol–water partition coefficient (Wildman–Crippen LogP) is 3.27. The van der Waals surface area contributed by atoms with E-state index in [0.717, 1.165) is 16.7 Å². The second-order valence-corrected chi connectivity index (χ2v) is 5.57. The fraction of sp³-hybridized carbons (Fsp3) is 0.222. The molecular weight excluding hydrogens is 292 g/mol. The molecule has 0 saturated carbocycles. The molecule has 5 heteroatoms. The Morgan fingerprint density at radius 2 is 2.00 bits per heavy atom. The molecule has 1 heterocycles. The van der Waals surface area contributed by atoms with Gasteiger partial charge >= 0.3 is 6.09 Å². The normalized spacial score (nSPS) is 14.0. The molecule has 2 aromatic carbocycles. The van der Waals surface area contributed by atoms with Crippen LogP contribution in [0, 0.1) is 18.3 Å². The minimum atomic E-state index is -0.945. The molecule has 0 aromatic heterocycles. The van der Waals surface area contributed by atoms with Crippen LogP contribution in [0.2, 0.25) is 0 Å². The predicted molar refractivity (Wildman–Crippen MR) is 85.3 cm³/mol. The number of rotatable bonds is 3. The van der Waals surface area contributed by atoms with Crippen molar-refractivity contribution in [3.63, 3.8) is 0 Å². The highest BCUT2D eigenvalue weighted by Crippen LogP contribution is 2.32. The number of nitrogens with zero attached hydrogens (tertiary/aromatic N) is 2. The lowest BCUT2D eigenvalue weighted by atomic mass is 9.98. The fourth-order valence-corrected chi connectivity index (χ4v) is 2.65. The lowest BCUT2D eigenvalue weighted by Gasteiger charge is -2.37. The van der Waals surface area contributed by atoms with Crippen LogP contribution in [0.3, 0.4) is 0 Å². The lowest BCUT2D eigenvalue weighted by molar-refractivity contribution is 0.0251. The van der Waals surface area contributed by atoms with Crippen LogP contribution >= 0.6 is 0 Å². The molecule has 1 fully saturated rings. The van der Waals surface area contributed by atoms with Crippen molar-refractivity contribution >= 4 is 6.09 Å². The number of aryl methyl sites for hydroxylation is 1. The minimum absolute atomic E-state index is 0.204. The summed E-state index contributed by atoms with van der Waals surface area (Å²) in [5.41, 5.74) is 3.53. The zero-order chi connectivity index (χ0) is 16.4. The van der Waals surface area contributed by atoms with Gasteiger partial charge in [-0.1, -0.05) is 30.3 Å². The van der Waals surface area contributed by atoms with Gasteiger partial charge in [-0.25, -0.2) is 4.79 Å². The third-order valence-corrected chi connectivity index (χ3v) is 3.94. The van der Waals surface area contributed by atoms with Gasteiger partial charge in [0.2, 0.25) is 0 Å². The summed E-state index contributed by atoms with van der Waals surface area (Å²) >= 11 is 0. The first kappa shape index (κ1) is 14.9. The number of carbonyl (C=O) groups is 1. The number of amides is 1. The maximum Gasteiger partial charge on any atom is 0.407 e.